The minimum atomic E-state index is 0.0557. The van der Waals surface area contributed by atoms with Crippen molar-refractivity contribution in [2.24, 2.45) is 5.10 Å². The van der Waals surface area contributed by atoms with Crippen LogP contribution in [0.1, 0.15) is 5.56 Å². The molecular formula is C17H13BrClN3O2S. The fourth-order valence-electron chi connectivity index (χ4n) is 2.06. The summed E-state index contributed by atoms with van der Waals surface area (Å²) in [5.41, 5.74) is 5.51. The summed E-state index contributed by atoms with van der Waals surface area (Å²) in [6, 6.07) is 10.9. The first kappa shape index (κ1) is 17.7. The molecule has 0 bridgehead atoms. The van der Waals surface area contributed by atoms with Crippen LogP contribution in [0.25, 0.3) is 11.3 Å². The Bertz CT molecular complexity index is 913. The molecule has 128 valence electrons. The Balaban J connectivity index is 1.71. The molecule has 0 unspecified atom stereocenters. The number of nitrogens with zero attached hydrogens (tertiary/aromatic N) is 2. The predicted molar refractivity (Wildman–Crippen MR) is 106 cm³/mol. The highest BCUT2D eigenvalue weighted by Crippen LogP contribution is 2.34. The smallest absolute Gasteiger partial charge is 0.203 e. The summed E-state index contributed by atoms with van der Waals surface area (Å²) in [5, 5.41) is 17.3. The van der Waals surface area contributed by atoms with Crippen molar-refractivity contribution in [3.05, 3.63) is 56.8 Å². The van der Waals surface area contributed by atoms with Gasteiger partial charge in [-0.2, -0.15) is 5.10 Å². The molecule has 0 radical (unpaired) electrons. The zero-order valence-corrected chi connectivity index (χ0v) is 16.2. The zero-order chi connectivity index (χ0) is 17.8. The maximum absolute atomic E-state index is 9.80. The molecule has 5 nitrogen and oxygen atoms in total. The third-order valence-electron chi connectivity index (χ3n) is 3.29. The fraction of sp³-hybridized carbons (Fsp3) is 0.0588. The van der Waals surface area contributed by atoms with Crippen LogP contribution in [0.3, 0.4) is 0 Å². The van der Waals surface area contributed by atoms with Gasteiger partial charge in [0.15, 0.2) is 11.5 Å². The van der Waals surface area contributed by atoms with Crippen molar-refractivity contribution in [3.8, 4) is 22.8 Å². The van der Waals surface area contributed by atoms with Crippen LogP contribution in [0.4, 0.5) is 5.13 Å². The van der Waals surface area contributed by atoms with Crippen molar-refractivity contribution in [2.75, 3.05) is 12.5 Å². The SMILES string of the molecule is COc1cc(C=NNc2nc(-c3ccc(Cl)cc3)cs2)cc(Br)c1O. The van der Waals surface area contributed by atoms with E-state index in [9.17, 15) is 5.11 Å². The minimum Gasteiger partial charge on any atom is -0.503 e. The first-order valence-corrected chi connectivity index (χ1v) is 9.19. The summed E-state index contributed by atoms with van der Waals surface area (Å²) in [6.45, 7) is 0. The topological polar surface area (TPSA) is 66.7 Å². The van der Waals surface area contributed by atoms with Crippen LogP contribution in [0.5, 0.6) is 11.5 Å². The van der Waals surface area contributed by atoms with Crippen LogP contribution in [0, 0.1) is 0 Å². The largest absolute Gasteiger partial charge is 0.503 e. The van der Waals surface area contributed by atoms with Crippen LogP contribution >= 0.6 is 38.9 Å². The van der Waals surface area contributed by atoms with E-state index < -0.39 is 0 Å². The van der Waals surface area contributed by atoms with Gasteiger partial charge in [-0.15, -0.1) is 11.3 Å². The lowest BCUT2D eigenvalue weighted by Gasteiger charge is -2.06. The van der Waals surface area contributed by atoms with Crippen molar-refractivity contribution in [3.63, 3.8) is 0 Å². The molecule has 0 saturated heterocycles. The van der Waals surface area contributed by atoms with E-state index in [0.29, 0.717) is 20.4 Å². The van der Waals surface area contributed by atoms with Gasteiger partial charge in [-0.05, 0) is 45.8 Å². The van der Waals surface area contributed by atoms with Crippen molar-refractivity contribution in [1.82, 2.24) is 4.98 Å². The quantitative estimate of drug-likeness (QED) is 0.414. The Hall–Kier alpha value is -2.09. The van der Waals surface area contributed by atoms with Crippen LogP contribution in [0.2, 0.25) is 5.02 Å². The second-order valence-electron chi connectivity index (χ2n) is 4.97. The number of phenols is 1. The Morgan fingerprint density at radius 1 is 1.32 bits per heavy atom. The van der Waals surface area contributed by atoms with Crippen molar-refractivity contribution >= 4 is 50.2 Å². The highest BCUT2D eigenvalue weighted by Gasteiger charge is 2.08. The van der Waals surface area contributed by atoms with E-state index in [1.165, 1.54) is 18.4 Å². The second kappa shape index (κ2) is 7.86. The second-order valence-corrected chi connectivity index (χ2v) is 7.12. The maximum Gasteiger partial charge on any atom is 0.203 e. The molecule has 25 heavy (non-hydrogen) atoms. The Kier molecular flexibility index (Phi) is 5.57. The molecule has 0 aliphatic heterocycles. The average molecular weight is 439 g/mol. The predicted octanol–water partition coefficient (Wildman–Crippen LogP) is 5.39. The zero-order valence-electron chi connectivity index (χ0n) is 13.0. The number of aromatic nitrogens is 1. The van der Waals surface area contributed by atoms with Gasteiger partial charge in [0.2, 0.25) is 5.13 Å². The summed E-state index contributed by atoms with van der Waals surface area (Å²) in [6.07, 6.45) is 1.62. The number of thiazole rings is 1. The number of halogens is 2. The molecular weight excluding hydrogens is 426 g/mol. The van der Waals surface area contributed by atoms with Crippen LogP contribution < -0.4 is 10.2 Å². The lowest BCUT2D eigenvalue weighted by Crippen LogP contribution is -1.92. The molecule has 8 heteroatoms. The molecule has 0 amide bonds. The van der Waals surface area contributed by atoms with E-state index in [2.05, 4.69) is 31.4 Å². The van der Waals surface area contributed by atoms with Crippen molar-refractivity contribution in [2.45, 2.75) is 0 Å². The molecule has 3 rings (SSSR count). The first-order valence-electron chi connectivity index (χ1n) is 7.14. The third kappa shape index (κ3) is 4.31. The van der Waals surface area contributed by atoms with E-state index in [4.69, 9.17) is 16.3 Å². The lowest BCUT2D eigenvalue weighted by molar-refractivity contribution is 0.372. The van der Waals surface area contributed by atoms with Crippen LogP contribution in [0.15, 0.2) is 51.4 Å². The molecule has 1 heterocycles. The standard InChI is InChI=1S/C17H13BrClN3O2S/c1-24-15-7-10(6-13(18)16(15)23)8-20-22-17-21-14(9-25-17)11-2-4-12(19)5-3-11/h2-9,23H,1H3,(H,21,22). The fourth-order valence-corrected chi connectivity index (χ4v) is 3.32. The number of methoxy groups -OCH3 is 1. The van der Waals surface area contributed by atoms with E-state index in [1.807, 2.05) is 29.6 Å². The summed E-state index contributed by atoms with van der Waals surface area (Å²) in [4.78, 5) is 4.48. The number of phenolic OH excluding ortho intramolecular Hbond substituents is 1. The minimum absolute atomic E-state index is 0.0557. The molecule has 0 atom stereocenters. The summed E-state index contributed by atoms with van der Waals surface area (Å²) in [5.74, 6) is 0.426. The number of hydrogen-bond acceptors (Lipinski definition) is 6. The molecule has 0 aliphatic rings. The molecule has 2 N–H and O–H groups in total. The summed E-state index contributed by atoms with van der Waals surface area (Å²) >= 11 is 10.6. The van der Waals surface area contributed by atoms with Crippen molar-refractivity contribution in [1.29, 1.82) is 0 Å². The molecule has 0 fully saturated rings. The van der Waals surface area contributed by atoms with Crippen LogP contribution in [-0.2, 0) is 0 Å². The summed E-state index contributed by atoms with van der Waals surface area (Å²) < 4.78 is 5.64. The number of rotatable bonds is 5. The number of hydrogen-bond donors (Lipinski definition) is 2. The Labute approximate surface area is 162 Å². The molecule has 2 aromatic carbocycles. The lowest BCUT2D eigenvalue weighted by atomic mass is 10.2. The van der Waals surface area contributed by atoms with Gasteiger partial charge in [-0.25, -0.2) is 4.98 Å². The number of anilines is 1. The van der Waals surface area contributed by atoms with Gasteiger partial charge in [0.1, 0.15) is 0 Å². The van der Waals surface area contributed by atoms with Crippen LogP contribution in [-0.4, -0.2) is 23.4 Å². The number of ether oxygens (including phenoxy) is 1. The molecule has 0 saturated carbocycles. The first-order chi connectivity index (χ1) is 12.1. The van der Waals surface area contributed by atoms with Gasteiger partial charge in [-0.3, -0.25) is 5.43 Å². The number of hydrazone groups is 1. The van der Waals surface area contributed by atoms with Gasteiger partial charge in [-0.1, -0.05) is 23.7 Å². The number of aromatic hydroxyl groups is 1. The molecule has 1 aromatic heterocycles. The van der Waals surface area contributed by atoms with E-state index in [1.54, 1.807) is 18.3 Å². The van der Waals surface area contributed by atoms with E-state index in [0.717, 1.165) is 16.8 Å². The molecule has 0 aliphatic carbocycles. The highest BCUT2D eigenvalue weighted by molar-refractivity contribution is 9.10. The molecule has 3 aromatic rings. The van der Waals surface area contributed by atoms with Gasteiger partial charge in [0.05, 0.1) is 23.5 Å². The Morgan fingerprint density at radius 3 is 2.80 bits per heavy atom. The maximum atomic E-state index is 9.80. The number of benzene rings is 2. The van der Waals surface area contributed by atoms with E-state index in [-0.39, 0.29) is 5.75 Å². The van der Waals surface area contributed by atoms with E-state index >= 15 is 0 Å². The normalized spacial score (nSPS) is 11.0. The van der Waals surface area contributed by atoms with Gasteiger partial charge >= 0.3 is 0 Å². The highest BCUT2D eigenvalue weighted by atomic mass is 79.9. The van der Waals surface area contributed by atoms with Crippen molar-refractivity contribution < 1.29 is 9.84 Å². The summed E-state index contributed by atoms with van der Waals surface area (Å²) in [7, 11) is 1.49. The van der Waals surface area contributed by atoms with Gasteiger partial charge < -0.3 is 9.84 Å². The Morgan fingerprint density at radius 2 is 2.08 bits per heavy atom. The van der Waals surface area contributed by atoms with Gasteiger partial charge in [0.25, 0.3) is 0 Å². The monoisotopic (exact) mass is 437 g/mol. The molecule has 0 spiro atoms. The average Bonchev–Trinajstić information content (AvgIpc) is 3.07. The number of nitrogens with one attached hydrogen (secondary N) is 1. The van der Waals surface area contributed by atoms with Gasteiger partial charge in [0, 0.05) is 16.0 Å². The third-order valence-corrected chi connectivity index (χ3v) is 4.89.